The molecule has 108 valence electrons. The van der Waals surface area contributed by atoms with Crippen molar-refractivity contribution in [2.45, 2.75) is 12.8 Å². The fourth-order valence-electron chi connectivity index (χ4n) is 2.52. The summed E-state index contributed by atoms with van der Waals surface area (Å²) >= 11 is 0. The molecule has 0 radical (unpaired) electrons. The first-order valence-corrected chi connectivity index (χ1v) is 7.65. The molecular weight excluding hydrogens is 266 g/mol. The van der Waals surface area contributed by atoms with Crippen molar-refractivity contribution in [2.24, 2.45) is 5.73 Å². The molecule has 1 heteroatoms. The van der Waals surface area contributed by atoms with Gasteiger partial charge in [0.15, 0.2) is 0 Å². The van der Waals surface area contributed by atoms with Crippen molar-refractivity contribution in [3.05, 3.63) is 83.4 Å². The van der Waals surface area contributed by atoms with Gasteiger partial charge in [0.1, 0.15) is 0 Å². The van der Waals surface area contributed by atoms with E-state index in [2.05, 4.69) is 78.6 Å². The van der Waals surface area contributed by atoms with Crippen LogP contribution in [0.2, 0.25) is 0 Å². The molecule has 22 heavy (non-hydrogen) atoms. The topological polar surface area (TPSA) is 26.0 Å². The summed E-state index contributed by atoms with van der Waals surface area (Å²) in [5, 5.41) is 2.47. The molecule has 0 aliphatic heterocycles. The largest absolute Gasteiger partial charge is 0.330 e. The number of fused-ring (bicyclic) bond motifs is 1. The highest BCUT2D eigenvalue weighted by molar-refractivity contribution is 5.83. The molecule has 0 aliphatic carbocycles. The Kier molecular flexibility index (Phi) is 4.53. The van der Waals surface area contributed by atoms with E-state index < -0.39 is 0 Å². The van der Waals surface area contributed by atoms with Crippen LogP contribution in [0.5, 0.6) is 0 Å². The molecule has 0 aliphatic rings. The quantitative estimate of drug-likeness (QED) is 0.719. The molecule has 0 saturated heterocycles. The molecule has 0 atom stereocenters. The van der Waals surface area contributed by atoms with Crippen molar-refractivity contribution < 1.29 is 0 Å². The standard InChI is InChI=1S/C21H19N/c22-14-4-7-17-5-3-6-18(15-17)10-11-19-12-13-20-8-1-2-9-21(20)16-19/h1-3,5-6,8-9,12-13,15-16H,4,7,14,22H2. The van der Waals surface area contributed by atoms with Crippen molar-refractivity contribution in [2.75, 3.05) is 6.54 Å². The van der Waals surface area contributed by atoms with Crippen LogP contribution in [0, 0.1) is 11.8 Å². The highest BCUT2D eigenvalue weighted by atomic mass is 14.5. The minimum Gasteiger partial charge on any atom is -0.330 e. The molecule has 0 aromatic heterocycles. The maximum absolute atomic E-state index is 5.57. The van der Waals surface area contributed by atoms with Crippen LogP contribution in [0.1, 0.15) is 23.1 Å². The maximum Gasteiger partial charge on any atom is 0.0255 e. The summed E-state index contributed by atoms with van der Waals surface area (Å²) < 4.78 is 0. The Balaban J connectivity index is 1.84. The number of hydrogen-bond donors (Lipinski definition) is 1. The summed E-state index contributed by atoms with van der Waals surface area (Å²) in [7, 11) is 0. The van der Waals surface area contributed by atoms with E-state index in [-0.39, 0.29) is 0 Å². The number of nitrogens with two attached hydrogens (primary N) is 1. The first-order chi connectivity index (χ1) is 10.8. The Morgan fingerprint density at radius 1 is 0.727 bits per heavy atom. The van der Waals surface area contributed by atoms with Crippen LogP contribution in [0.15, 0.2) is 66.7 Å². The van der Waals surface area contributed by atoms with Crippen molar-refractivity contribution in [1.29, 1.82) is 0 Å². The zero-order chi connectivity index (χ0) is 15.2. The fourth-order valence-corrected chi connectivity index (χ4v) is 2.52. The van der Waals surface area contributed by atoms with Gasteiger partial charge in [-0.2, -0.15) is 0 Å². The van der Waals surface area contributed by atoms with Gasteiger partial charge in [0, 0.05) is 11.1 Å². The van der Waals surface area contributed by atoms with Gasteiger partial charge in [0.2, 0.25) is 0 Å². The summed E-state index contributed by atoms with van der Waals surface area (Å²) in [6.45, 7) is 0.729. The summed E-state index contributed by atoms with van der Waals surface area (Å²) in [5.41, 5.74) is 8.97. The van der Waals surface area contributed by atoms with Crippen LogP contribution >= 0.6 is 0 Å². The van der Waals surface area contributed by atoms with Crippen LogP contribution in [0.25, 0.3) is 10.8 Å². The second-order valence-electron chi connectivity index (χ2n) is 5.40. The Morgan fingerprint density at radius 2 is 1.50 bits per heavy atom. The van der Waals surface area contributed by atoms with E-state index in [0.717, 1.165) is 30.5 Å². The molecule has 0 heterocycles. The van der Waals surface area contributed by atoms with Crippen molar-refractivity contribution in [3.8, 4) is 11.8 Å². The predicted octanol–water partition coefficient (Wildman–Crippen LogP) is 4.13. The van der Waals surface area contributed by atoms with Gasteiger partial charge in [-0.1, -0.05) is 54.3 Å². The fraction of sp³-hybridized carbons (Fsp3) is 0.143. The van der Waals surface area contributed by atoms with E-state index in [1.807, 2.05) is 0 Å². The zero-order valence-corrected chi connectivity index (χ0v) is 12.5. The molecule has 0 spiro atoms. The van der Waals surface area contributed by atoms with E-state index in [4.69, 9.17) is 5.73 Å². The summed E-state index contributed by atoms with van der Waals surface area (Å²) in [5.74, 6) is 6.52. The molecule has 1 nitrogen and oxygen atoms in total. The van der Waals surface area contributed by atoms with E-state index in [1.165, 1.54) is 16.3 Å². The maximum atomic E-state index is 5.57. The number of rotatable bonds is 3. The normalized spacial score (nSPS) is 10.2. The average Bonchev–Trinajstić information content (AvgIpc) is 2.58. The molecule has 3 aromatic rings. The monoisotopic (exact) mass is 285 g/mol. The Hall–Kier alpha value is -2.56. The predicted molar refractivity (Wildman–Crippen MR) is 93.7 cm³/mol. The molecule has 0 bridgehead atoms. The SMILES string of the molecule is NCCCc1cccc(C#Cc2ccc3ccccc3c2)c1. The summed E-state index contributed by atoms with van der Waals surface area (Å²) in [6.07, 6.45) is 2.03. The smallest absolute Gasteiger partial charge is 0.0255 e. The minimum absolute atomic E-state index is 0.729. The molecular formula is C21H19N. The summed E-state index contributed by atoms with van der Waals surface area (Å²) in [4.78, 5) is 0. The first-order valence-electron chi connectivity index (χ1n) is 7.65. The third kappa shape index (κ3) is 3.55. The van der Waals surface area contributed by atoms with Crippen molar-refractivity contribution in [1.82, 2.24) is 0 Å². The third-order valence-electron chi connectivity index (χ3n) is 3.70. The molecule has 3 rings (SSSR count). The lowest BCUT2D eigenvalue weighted by Gasteiger charge is -2.00. The van der Waals surface area contributed by atoms with Crippen LogP contribution in [0.3, 0.4) is 0 Å². The van der Waals surface area contributed by atoms with Gasteiger partial charge in [-0.3, -0.25) is 0 Å². The van der Waals surface area contributed by atoms with Gasteiger partial charge >= 0.3 is 0 Å². The number of aryl methyl sites for hydroxylation is 1. The Labute approximate surface area is 131 Å². The third-order valence-corrected chi connectivity index (χ3v) is 3.70. The van der Waals surface area contributed by atoms with Crippen LogP contribution in [-0.2, 0) is 6.42 Å². The van der Waals surface area contributed by atoms with Crippen LogP contribution < -0.4 is 5.73 Å². The van der Waals surface area contributed by atoms with Gasteiger partial charge in [-0.25, -0.2) is 0 Å². The number of benzene rings is 3. The first kappa shape index (κ1) is 14.4. The van der Waals surface area contributed by atoms with Crippen molar-refractivity contribution >= 4 is 10.8 Å². The zero-order valence-electron chi connectivity index (χ0n) is 12.5. The second-order valence-corrected chi connectivity index (χ2v) is 5.40. The highest BCUT2D eigenvalue weighted by Gasteiger charge is 1.95. The van der Waals surface area contributed by atoms with Gasteiger partial charge < -0.3 is 5.73 Å². The highest BCUT2D eigenvalue weighted by Crippen LogP contribution is 2.15. The number of hydrogen-bond acceptors (Lipinski definition) is 1. The summed E-state index contributed by atoms with van der Waals surface area (Å²) in [6, 6.07) is 23.1. The molecule has 0 fully saturated rings. The van der Waals surface area contributed by atoms with E-state index in [0.29, 0.717) is 0 Å². The Morgan fingerprint density at radius 3 is 2.32 bits per heavy atom. The van der Waals surface area contributed by atoms with E-state index >= 15 is 0 Å². The van der Waals surface area contributed by atoms with E-state index in [1.54, 1.807) is 0 Å². The van der Waals surface area contributed by atoms with Crippen molar-refractivity contribution in [3.63, 3.8) is 0 Å². The van der Waals surface area contributed by atoms with Gasteiger partial charge in [-0.15, -0.1) is 0 Å². The van der Waals surface area contributed by atoms with Crippen LogP contribution in [-0.4, -0.2) is 6.54 Å². The second kappa shape index (κ2) is 6.93. The van der Waals surface area contributed by atoms with Gasteiger partial charge in [-0.05, 0) is 60.0 Å². The molecule has 3 aromatic carbocycles. The lowest BCUT2D eigenvalue weighted by atomic mass is 10.1. The molecule has 0 amide bonds. The van der Waals surface area contributed by atoms with Crippen LogP contribution in [0.4, 0.5) is 0 Å². The molecule has 0 unspecified atom stereocenters. The lowest BCUT2D eigenvalue weighted by Crippen LogP contribution is -2.00. The molecule has 2 N–H and O–H groups in total. The lowest BCUT2D eigenvalue weighted by molar-refractivity contribution is 0.832. The molecule has 0 saturated carbocycles. The van der Waals surface area contributed by atoms with Gasteiger partial charge in [0.05, 0.1) is 0 Å². The minimum atomic E-state index is 0.729. The average molecular weight is 285 g/mol. The van der Waals surface area contributed by atoms with E-state index in [9.17, 15) is 0 Å². The van der Waals surface area contributed by atoms with Gasteiger partial charge in [0.25, 0.3) is 0 Å². The Bertz CT molecular complexity index is 837.